The predicted molar refractivity (Wildman–Crippen MR) is 135 cm³/mol. The normalized spacial score (nSPS) is 14.4. The van der Waals surface area contributed by atoms with Crippen molar-refractivity contribution in [2.75, 3.05) is 33.4 Å². The summed E-state index contributed by atoms with van der Waals surface area (Å²) in [6.45, 7) is 6.10. The van der Waals surface area contributed by atoms with Gasteiger partial charge in [0, 0.05) is 29.6 Å². The molecule has 6 heteroatoms. The molecule has 4 aromatic rings. The molecular weight excluding hydrogens is 426 g/mol. The van der Waals surface area contributed by atoms with E-state index in [4.69, 9.17) is 14.2 Å². The van der Waals surface area contributed by atoms with E-state index in [9.17, 15) is 0 Å². The van der Waals surface area contributed by atoms with Crippen molar-refractivity contribution in [3.63, 3.8) is 0 Å². The summed E-state index contributed by atoms with van der Waals surface area (Å²) < 4.78 is 18.1. The lowest BCUT2D eigenvalue weighted by molar-refractivity contribution is 0.203. The summed E-state index contributed by atoms with van der Waals surface area (Å²) in [5.74, 6) is 2.82. The molecule has 34 heavy (non-hydrogen) atoms. The maximum atomic E-state index is 6.33. The molecule has 5 rings (SSSR count). The van der Waals surface area contributed by atoms with Crippen LogP contribution in [0.4, 0.5) is 0 Å². The number of hydrogen-bond acceptors (Lipinski definition) is 6. The van der Waals surface area contributed by atoms with E-state index in [0.717, 1.165) is 46.2 Å². The smallest absolute Gasteiger partial charge is 0.163 e. The number of piperidine rings is 1. The van der Waals surface area contributed by atoms with Crippen molar-refractivity contribution in [1.29, 1.82) is 0 Å². The second-order valence-electron chi connectivity index (χ2n) is 8.80. The first kappa shape index (κ1) is 22.4. The number of nitrogens with zero attached hydrogens (tertiary/aromatic N) is 3. The molecule has 0 bridgehead atoms. The molecule has 1 aliphatic heterocycles. The number of hydrogen-bond donors (Lipinski definition) is 0. The number of methoxy groups -OCH3 is 1. The third kappa shape index (κ3) is 4.92. The van der Waals surface area contributed by atoms with Gasteiger partial charge < -0.3 is 19.1 Å². The summed E-state index contributed by atoms with van der Waals surface area (Å²) in [6, 6.07) is 15.8. The molecule has 0 aliphatic carbocycles. The largest absolute Gasteiger partial charge is 0.493 e. The van der Waals surface area contributed by atoms with Gasteiger partial charge >= 0.3 is 0 Å². The molecule has 0 spiro atoms. The fourth-order valence-electron chi connectivity index (χ4n) is 4.56. The molecule has 1 aliphatic rings. The molecule has 0 N–H and O–H groups in total. The predicted octanol–water partition coefficient (Wildman–Crippen LogP) is 6.15. The van der Waals surface area contributed by atoms with Crippen LogP contribution in [0.5, 0.6) is 23.0 Å². The Kier molecular flexibility index (Phi) is 6.77. The Balaban J connectivity index is 1.35. The van der Waals surface area contributed by atoms with E-state index >= 15 is 0 Å². The summed E-state index contributed by atoms with van der Waals surface area (Å²) in [7, 11) is 1.66. The highest BCUT2D eigenvalue weighted by Crippen LogP contribution is 2.38. The Hall–Kier alpha value is -3.38. The van der Waals surface area contributed by atoms with Crippen LogP contribution in [-0.2, 0) is 0 Å². The van der Waals surface area contributed by atoms with E-state index in [1.54, 1.807) is 13.3 Å². The number of pyridine rings is 2. The van der Waals surface area contributed by atoms with Gasteiger partial charge in [0.25, 0.3) is 0 Å². The van der Waals surface area contributed by atoms with E-state index in [1.165, 1.54) is 32.4 Å². The zero-order valence-corrected chi connectivity index (χ0v) is 19.9. The Bertz CT molecular complexity index is 1280. The van der Waals surface area contributed by atoms with Crippen LogP contribution in [0.25, 0.3) is 21.8 Å². The SMILES string of the molecule is COc1cc2c(Oc3cc4ccccc4nc3C)ccnc2cc1OCCCN1CCCCC1. The van der Waals surface area contributed by atoms with Crippen LogP contribution in [0.1, 0.15) is 31.4 Å². The zero-order valence-electron chi connectivity index (χ0n) is 19.9. The van der Waals surface area contributed by atoms with Gasteiger partial charge in [-0.05, 0) is 63.5 Å². The lowest BCUT2D eigenvalue weighted by atomic mass is 10.1. The van der Waals surface area contributed by atoms with Crippen LogP contribution in [0, 0.1) is 6.92 Å². The Morgan fingerprint density at radius 1 is 0.882 bits per heavy atom. The molecular formula is C28H31N3O3. The van der Waals surface area contributed by atoms with Crippen molar-refractivity contribution in [1.82, 2.24) is 14.9 Å². The summed E-state index contributed by atoms with van der Waals surface area (Å²) in [4.78, 5) is 11.8. The molecule has 2 aromatic carbocycles. The summed E-state index contributed by atoms with van der Waals surface area (Å²) in [5, 5.41) is 1.91. The number of likely N-dealkylation sites (tertiary alicyclic amines) is 1. The molecule has 0 atom stereocenters. The topological polar surface area (TPSA) is 56.7 Å². The minimum Gasteiger partial charge on any atom is -0.493 e. The number of fused-ring (bicyclic) bond motifs is 2. The fourth-order valence-corrected chi connectivity index (χ4v) is 4.56. The zero-order chi connectivity index (χ0) is 23.3. The van der Waals surface area contributed by atoms with Gasteiger partial charge in [-0.3, -0.25) is 4.98 Å². The maximum absolute atomic E-state index is 6.33. The van der Waals surface area contributed by atoms with E-state index in [1.807, 2.05) is 55.5 Å². The van der Waals surface area contributed by atoms with Gasteiger partial charge in [0.15, 0.2) is 11.5 Å². The first-order valence-corrected chi connectivity index (χ1v) is 12.1. The molecule has 1 fully saturated rings. The molecule has 0 saturated carbocycles. The van der Waals surface area contributed by atoms with Crippen molar-refractivity contribution in [3.8, 4) is 23.0 Å². The second-order valence-corrected chi connectivity index (χ2v) is 8.80. The number of aromatic nitrogens is 2. The minimum absolute atomic E-state index is 0.649. The van der Waals surface area contributed by atoms with Crippen LogP contribution in [0.3, 0.4) is 0 Å². The van der Waals surface area contributed by atoms with E-state index in [-0.39, 0.29) is 0 Å². The Labute approximate surface area is 200 Å². The van der Waals surface area contributed by atoms with Gasteiger partial charge in [0.1, 0.15) is 11.5 Å². The van der Waals surface area contributed by atoms with Gasteiger partial charge in [-0.15, -0.1) is 0 Å². The number of rotatable bonds is 8. The Morgan fingerprint density at radius 3 is 2.59 bits per heavy atom. The summed E-state index contributed by atoms with van der Waals surface area (Å²) in [6.07, 6.45) is 6.73. The standard InChI is InChI=1S/C28H31N3O3/c1-20-26(17-21-9-4-5-10-23(21)30-20)34-25-11-12-29-24-19-28(27(32-2)18-22(24)25)33-16-8-15-31-13-6-3-7-14-31/h4-5,9-12,17-19H,3,6-8,13-16H2,1-2H3. The van der Waals surface area contributed by atoms with Gasteiger partial charge in [0.05, 0.1) is 30.4 Å². The second kappa shape index (κ2) is 10.3. The van der Waals surface area contributed by atoms with Crippen molar-refractivity contribution in [3.05, 3.63) is 60.4 Å². The molecule has 3 heterocycles. The maximum Gasteiger partial charge on any atom is 0.163 e. The van der Waals surface area contributed by atoms with Crippen molar-refractivity contribution in [2.24, 2.45) is 0 Å². The molecule has 176 valence electrons. The van der Waals surface area contributed by atoms with Gasteiger partial charge in [0.2, 0.25) is 0 Å². The number of aryl methyl sites for hydroxylation is 1. The fraction of sp³-hybridized carbons (Fsp3) is 0.357. The molecule has 1 saturated heterocycles. The molecule has 2 aromatic heterocycles. The van der Waals surface area contributed by atoms with Crippen molar-refractivity contribution in [2.45, 2.75) is 32.6 Å². The van der Waals surface area contributed by atoms with E-state index < -0.39 is 0 Å². The molecule has 0 unspecified atom stereocenters. The van der Waals surface area contributed by atoms with Gasteiger partial charge in [-0.2, -0.15) is 0 Å². The average Bonchev–Trinajstić information content (AvgIpc) is 2.87. The number of ether oxygens (including phenoxy) is 3. The lowest BCUT2D eigenvalue weighted by Crippen LogP contribution is -2.31. The van der Waals surface area contributed by atoms with Crippen LogP contribution in [0.15, 0.2) is 54.7 Å². The highest BCUT2D eigenvalue weighted by atomic mass is 16.5. The Morgan fingerprint density at radius 2 is 1.74 bits per heavy atom. The van der Waals surface area contributed by atoms with Gasteiger partial charge in [-0.25, -0.2) is 4.98 Å². The minimum atomic E-state index is 0.649. The average molecular weight is 458 g/mol. The molecule has 6 nitrogen and oxygen atoms in total. The first-order valence-electron chi connectivity index (χ1n) is 12.1. The van der Waals surface area contributed by atoms with Crippen LogP contribution >= 0.6 is 0 Å². The van der Waals surface area contributed by atoms with Crippen molar-refractivity contribution < 1.29 is 14.2 Å². The number of benzene rings is 2. The third-order valence-corrected chi connectivity index (χ3v) is 6.40. The van der Waals surface area contributed by atoms with Crippen molar-refractivity contribution >= 4 is 21.8 Å². The number of para-hydroxylation sites is 1. The van der Waals surface area contributed by atoms with E-state index in [2.05, 4.69) is 14.9 Å². The summed E-state index contributed by atoms with van der Waals surface area (Å²) >= 11 is 0. The summed E-state index contributed by atoms with van der Waals surface area (Å²) in [5.41, 5.74) is 2.59. The van der Waals surface area contributed by atoms with Crippen LogP contribution in [0.2, 0.25) is 0 Å². The van der Waals surface area contributed by atoms with Crippen LogP contribution < -0.4 is 14.2 Å². The third-order valence-electron chi connectivity index (χ3n) is 6.40. The monoisotopic (exact) mass is 457 g/mol. The molecule has 0 amide bonds. The lowest BCUT2D eigenvalue weighted by Gasteiger charge is -2.26. The molecule has 0 radical (unpaired) electrons. The van der Waals surface area contributed by atoms with Crippen LogP contribution in [-0.4, -0.2) is 48.2 Å². The first-order chi connectivity index (χ1) is 16.7. The van der Waals surface area contributed by atoms with Gasteiger partial charge in [-0.1, -0.05) is 24.6 Å². The highest BCUT2D eigenvalue weighted by molar-refractivity contribution is 5.88. The quantitative estimate of drug-likeness (QED) is 0.296. The van der Waals surface area contributed by atoms with E-state index in [0.29, 0.717) is 23.9 Å². The highest BCUT2D eigenvalue weighted by Gasteiger charge is 2.14.